The van der Waals surface area contributed by atoms with Crippen LogP contribution < -0.4 is 5.32 Å². The van der Waals surface area contributed by atoms with Crippen LogP contribution >= 0.6 is 11.6 Å². The second-order valence-corrected chi connectivity index (χ2v) is 7.82. The van der Waals surface area contributed by atoms with Gasteiger partial charge in [-0.1, -0.05) is 12.1 Å². The normalized spacial score (nSPS) is 11.6. The number of aryl methyl sites for hydroxylation is 1. The van der Waals surface area contributed by atoms with Gasteiger partial charge in [0.15, 0.2) is 0 Å². The van der Waals surface area contributed by atoms with Crippen molar-refractivity contribution in [2.75, 3.05) is 5.32 Å². The minimum absolute atomic E-state index is 0.106. The highest BCUT2D eigenvalue weighted by atomic mass is 35.5. The minimum atomic E-state index is -0.564. The van der Waals surface area contributed by atoms with E-state index in [1.807, 2.05) is 45.0 Å². The molecular formula is C21H22ClN5O3. The van der Waals surface area contributed by atoms with Crippen LogP contribution in [0.25, 0.3) is 17.5 Å². The SMILES string of the molecule is Cc1nnc(-c2ccc(CNc3nc(Cl)ncc3/C=C/C(=O)OC(C)(C)C)cc2)o1. The first-order chi connectivity index (χ1) is 14.2. The third-order valence-electron chi connectivity index (χ3n) is 3.78. The Morgan fingerprint density at radius 3 is 2.60 bits per heavy atom. The lowest BCUT2D eigenvalue weighted by molar-refractivity contribution is -0.148. The number of rotatable bonds is 6. The molecule has 0 saturated heterocycles. The number of hydrogen-bond donors (Lipinski definition) is 1. The number of nitrogens with one attached hydrogen (secondary N) is 1. The molecule has 0 spiro atoms. The van der Waals surface area contributed by atoms with Crippen LogP contribution in [0.3, 0.4) is 0 Å². The van der Waals surface area contributed by atoms with Gasteiger partial charge in [-0.2, -0.15) is 0 Å². The third-order valence-corrected chi connectivity index (χ3v) is 3.96. The molecule has 2 heterocycles. The fourth-order valence-electron chi connectivity index (χ4n) is 2.49. The van der Waals surface area contributed by atoms with Crippen LogP contribution in [-0.4, -0.2) is 31.7 Å². The maximum atomic E-state index is 11.9. The maximum Gasteiger partial charge on any atom is 0.331 e. The van der Waals surface area contributed by atoms with Crippen molar-refractivity contribution in [1.82, 2.24) is 20.2 Å². The summed E-state index contributed by atoms with van der Waals surface area (Å²) in [7, 11) is 0. The number of esters is 1. The zero-order chi connectivity index (χ0) is 21.7. The van der Waals surface area contributed by atoms with Gasteiger partial charge in [0.25, 0.3) is 0 Å². The number of hydrogen-bond acceptors (Lipinski definition) is 8. The van der Waals surface area contributed by atoms with Gasteiger partial charge >= 0.3 is 5.97 Å². The van der Waals surface area contributed by atoms with Crippen molar-refractivity contribution in [2.45, 2.75) is 39.8 Å². The van der Waals surface area contributed by atoms with Crippen molar-refractivity contribution in [3.63, 3.8) is 0 Å². The van der Waals surface area contributed by atoms with Crippen LogP contribution in [0, 0.1) is 6.92 Å². The van der Waals surface area contributed by atoms with E-state index in [1.165, 1.54) is 6.08 Å². The fourth-order valence-corrected chi connectivity index (χ4v) is 2.62. The third kappa shape index (κ3) is 6.12. The molecule has 8 nitrogen and oxygen atoms in total. The fraction of sp³-hybridized carbons (Fsp3) is 0.286. The Morgan fingerprint density at radius 2 is 1.97 bits per heavy atom. The first-order valence-corrected chi connectivity index (χ1v) is 9.64. The second kappa shape index (κ2) is 9.04. The van der Waals surface area contributed by atoms with Crippen molar-refractivity contribution in [1.29, 1.82) is 0 Å². The van der Waals surface area contributed by atoms with Crippen molar-refractivity contribution in [2.24, 2.45) is 0 Å². The Kier molecular flexibility index (Phi) is 6.47. The van der Waals surface area contributed by atoms with E-state index in [9.17, 15) is 4.79 Å². The first-order valence-electron chi connectivity index (χ1n) is 9.26. The lowest BCUT2D eigenvalue weighted by atomic mass is 10.1. The predicted octanol–water partition coefficient (Wildman–Crippen LogP) is 4.46. The molecule has 1 N–H and O–H groups in total. The molecule has 9 heteroatoms. The molecule has 3 rings (SSSR count). The van der Waals surface area contributed by atoms with Gasteiger partial charge in [-0.15, -0.1) is 10.2 Å². The molecule has 0 atom stereocenters. The number of carbonyl (C=O) groups excluding carboxylic acids is 1. The number of ether oxygens (including phenoxy) is 1. The van der Waals surface area contributed by atoms with Crippen molar-refractivity contribution < 1.29 is 13.9 Å². The lowest BCUT2D eigenvalue weighted by Gasteiger charge is -2.18. The topological polar surface area (TPSA) is 103 Å². The second-order valence-electron chi connectivity index (χ2n) is 7.49. The van der Waals surface area contributed by atoms with E-state index >= 15 is 0 Å². The Balaban J connectivity index is 1.69. The Labute approximate surface area is 179 Å². The molecule has 0 aliphatic carbocycles. The first kappa shape index (κ1) is 21.4. The van der Waals surface area contributed by atoms with E-state index in [4.69, 9.17) is 20.8 Å². The molecular weight excluding hydrogens is 406 g/mol. The quantitative estimate of drug-likeness (QED) is 0.349. The zero-order valence-electron chi connectivity index (χ0n) is 17.1. The standard InChI is InChI=1S/C21H22ClN5O3/c1-13-26-27-19(29-13)15-7-5-14(6-8-15)11-23-18-16(12-24-20(22)25-18)9-10-17(28)30-21(2,3)4/h5-10,12H,11H2,1-4H3,(H,23,24,25)/b10-9+. The van der Waals surface area contributed by atoms with Gasteiger partial charge in [0.2, 0.25) is 17.1 Å². The largest absolute Gasteiger partial charge is 0.457 e. The lowest BCUT2D eigenvalue weighted by Crippen LogP contribution is -2.22. The smallest absolute Gasteiger partial charge is 0.331 e. The van der Waals surface area contributed by atoms with E-state index in [0.717, 1.165) is 11.1 Å². The summed E-state index contributed by atoms with van der Waals surface area (Å²) in [6.45, 7) is 7.66. The molecule has 156 valence electrons. The molecule has 0 aliphatic rings. The average molecular weight is 428 g/mol. The Bertz CT molecular complexity index is 1060. The van der Waals surface area contributed by atoms with Gasteiger partial charge in [0.1, 0.15) is 11.4 Å². The molecule has 0 radical (unpaired) electrons. The van der Waals surface area contributed by atoms with E-state index in [-0.39, 0.29) is 5.28 Å². The van der Waals surface area contributed by atoms with Gasteiger partial charge in [0.05, 0.1) is 0 Å². The van der Waals surface area contributed by atoms with Crippen molar-refractivity contribution >= 4 is 29.5 Å². The van der Waals surface area contributed by atoms with Gasteiger partial charge in [-0.3, -0.25) is 0 Å². The van der Waals surface area contributed by atoms with Crippen LogP contribution in [0.5, 0.6) is 0 Å². The number of carbonyl (C=O) groups is 1. The molecule has 0 bridgehead atoms. The van der Waals surface area contributed by atoms with Crippen molar-refractivity contribution in [3.05, 3.63) is 58.8 Å². The molecule has 1 aromatic carbocycles. The number of benzene rings is 1. The van der Waals surface area contributed by atoms with Crippen LogP contribution in [0.4, 0.5) is 5.82 Å². The summed E-state index contributed by atoms with van der Waals surface area (Å²) in [6.07, 6.45) is 4.47. The summed E-state index contributed by atoms with van der Waals surface area (Å²) < 4.78 is 10.7. The van der Waals surface area contributed by atoms with Gasteiger partial charge in [-0.05, 0) is 56.1 Å². The van der Waals surface area contributed by atoms with Crippen LogP contribution in [0.1, 0.15) is 37.8 Å². The molecule has 2 aromatic heterocycles. The highest BCUT2D eigenvalue weighted by Crippen LogP contribution is 2.20. The number of anilines is 1. The average Bonchev–Trinajstić information content (AvgIpc) is 3.11. The van der Waals surface area contributed by atoms with E-state index < -0.39 is 11.6 Å². The van der Waals surface area contributed by atoms with E-state index in [1.54, 1.807) is 19.2 Å². The molecule has 3 aromatic rings. The Morgan fingerprint density at radius 1 is 1.23 bits per heavy atom. The number of halogens is 1. The van der Waals surface area contributed by atoms with Gasteiger partial charge in [-0.25, -0.2) is 14.8 Å². The summed E-state index contributed by atoms with van der Waals surface area (Å²) >= 11 is 5.94. The molecule has 0 saturated carbocycles. The Hall–Kier alpha value is -3.26. The molecule has 0 aliphatic heterocycles. The summed E-state index contributed by atoms with van der Waals surface area (Å²) in [5.41, 5.74) is 1.89. The van der Waals surface area contributed by atoms with Crippen LogP contribution in [0.15, 0.2) is 41.0 Å². The summed E-state index contributed by atoms with van der Waals surface area (Å²) in [5, 5.41) is 11.2. The van der Waals surface area contributed by atoms with Gasteiger partial charge in [0, 0.05) is 36.9 Å². The highest BCUT2D eigenvalue weighted by molar-refractivity contribution is 6.28. The van der Waals surface area contributed by atoms with Crippen LogP contribution in [0.2, 0.25) is 5.28 Å². The molecule has 0 amide bonds. The zero-order valence-corrected chi connectivity index (χ0v) is 17.9. The number of nitrogens with zero attached hydrogens (tertiary/aromatic N) is 4. The number of aromatic nitrogens is 4. The highest BCUT2D eigenvalue weighted by Gasteiger charge is 2.14. The van der Waals surface area contributed by atoms with Gasteiger partial charge < -0.3 is 14.5 Å². The summed E-state index contributed by atoms with van der Waals surface area (Å²) in [6, 6.07) is 7.70. The summed E-state index contributed by atoms with van der Waals surface area (Å²) in [5.74, 6) is 1.05. The summed E-state index contributed by atoms with van der Waals surface area (Å²) in [4.78, 5) is 20.1. The predicted molar refractivity (Wildman–Crippen MR) is 114 cm³/mol. The van der Waals surface area contributed by atoms with Crippen molar-refractivity contribution in [3.8, 4) is 11.5 Å². The minimum Gasteiger partial charge on any atom is -0.457 e. The van der Waals surface area contributed by atoms with E-state index in [2.05, 4.69) is 25.5 Å². The molecule has 0 unspecified atom stereocenters. The molecule has 0 fully saturated rings. The molecule has 30 heavy (non-hydrogen) atoms. The van der Waals surface area contributed by atoms with E-state index in [0.29, 0.717) is 29.7 Å². The maximum absolute atomic E-state index is 11.9. The van der Waals surface area contributed by atoms with Crippen LogP contribution in [-0.2, 0) is 16.1 Å². The monoisotopic (exact) mass is 427 g/mol.